The molecule has 30 heavy (non-hydrogen) atoms. The zero-order valence-electron chi connectivity index (χ0n) is 15.9. The van der Waals surface area contributed by atoms with E-state index in [1.54, 1.807) is 36.5 Å². The molecule has 0 amide bonds. The maximum Gasteiger partial charge on any atom is 0.307 e. The molecule has 2 heterocycles. The summed E-state index contributed by atoms with van der Waals surface area (Å²) in [5, 5.41) is 16.8. The summed E-state index contributed by atoms with van der Waals surface area (Å²) in [6.45, 7) is 0.173. The lowest BCUT2D eigenvalue weighted by Gasteiger charge is -2.13. The number of carboxylic acids is 1. The molecule has 2 aromatic carbocycles. The Bertz CT molecular complexity index is 1220. The predicted octanol–water partition coefficient (Wildman–Crippen LogP) is 3.43. The fraction of sp³-hybridized carbons (Fsp3) is 0.136. The number of nitrogens with one attached hydrogen (secondary N) is 1. The molecule has 8 heteroatoms. The number of rotatable bonds is 7. The van der Waals surface area contributed by atoms with E-state index in [4.69, 9.17) is 15.6 Å². The molecule has 0 atom stereocenters. The normalized spacial score (nSPS) is 11.0. The zero-order chi connectivity index (χ0) is 21.1. The lowest BCUT2D eigenvalue weighted by atomic mass is 9.99. The van der Waals surface area contributed by atoms with E-state index in [2.05, 4.69) is 15.2 Å². The minimum Gasteiger partial charge on any atom is -0.489 e. The predicted molar refractivity (Wildman–Crippen MR) is 109 cm³/mol. The highest BCUT2D eigenvalue weighted by atomic mass is 19.1. The maximum atomic E-state index is 14.9. The summed E-state index contributed by atoms with van der Waals surface area (Å²) in [7, 11) is 0. The molecule has 0 aliphatic heterocycles. The smallest absolute Gasteiger partial charge is 0.307 e. The number of nitrogens with zero attached hydrogens (tertiary/aromatic N) is 2. The number of para-hydroxylation sites is 1. The lowest BCUT2D eigenvalue weighted by Crippen LogP contribution is -2.05. The van der Waals surface area contributed by atoms with Crippen molar-refractivity contribution in [1.82, 2.24) is 15.2 Å². The number of fused-ring (bicyclic) bond motifs is 1. The van der Waals surface area contributed by atoms with Crippen LogP contribution in [0, 0.1) is 5.82 Å². The molecule has 0 radical (unpaired) electrons. The second-order valence-corrected chi connectivity index (χ2v) is 6.76. The van der Waals surface area contributed by atoms with Gasteiger partial charge in [-0.25, -0.2) is 4.39 Å². The largest absolute Gasteiger partial charge is 0.489 e. The summed E-state index contributed by atoms with van der Waals surface area (Å²) in [6, 6.07) is 12.3. The molecule has 0 bridgehead atoms. The number of halogens is 1. The van der Waals surface area contributed by atoms with Crippen LogP contribution in [0.4, 0.5) is 4.39 Å². The van der Waals surface area contributed by atoms with Gasteiger partial charge in [0, 0.05) is 29.3 Å². The van der Waals surface area contributed by atoms with Crippen molar-refractivity contribution in [2.24, 2.45) is 5.73 Å². The van der Waals surface area contributed by atoms with Crippen LogP contribution in [0.2, 0.25) is 0 Å². The molecule has 0 aliphatic carbocycles. The summed E-state index contributed by atoms with van der Waals surface area (Å²) in [4.78, 5) is 15.1. The zero-order valence-corrected chi connectivity index (χ0v) is 15.9. The summed E-state index contributed by atoms with van der Waals surface area (Å²) < 4.78 is 20.8. The van der Waals surface area contributed by atoms with E-state index < -0.39 is 11.8 Å². The number of aromatic amines is 1. The number of benzene rings is 2. The van der Waals surface area contributed by atoms with Crippen LogP contribution in [-0.4, -0.2) is 26.3 Å². The van der Waals surface area contributed by atoms with Crippen molar-refractivity contribution in [3.8, 4) is 16.9 Å². The van der Waals surface area contributed by atoms with E-state index in [1.165, 1.54) is 6.20 Å². The highest BCUT2D eigenvalue weighted by Crippen LogP contribution is 2.32. The van der Waals surface area contributed by atoms with E-state index >= 15 is 0 Å². The third kappa shape index (κ3) is 3.85. The Morgan fingerprint density at radius 2 is 2.03 bits per heavy atom. The van der Waals surface area contributed by atoms with Crippen molar-refractivity contribution in [2.75, 3.05) is 0 Å². The number of H-pyrrole nitrogens is 1. The summed E-state index contributed by atoms with van der Waals surface area (Å²) in [6.07, 6.45) is 3.03. The minimum absolute atomic E-state index is 0.00261. The number of ether oxygens (including phenoxy) is 1. The Labute approximate surface area is 171 Å². The third-order valence-electron chi connectivity index (χ3n) is 4.77. The molecule has 2 aromatic heterocycles. The Balaban J connectivity index is 1.70. The van der Waals surface area contributed by atoms with Gasteiger partial charge < -0.3 is 15.6 Å². The molecule has 4 rings (SSSR count). The first-order valence-corrected chi connectivity index (χ1v) is 9.29. The van der Waals surface area contributed by atoms with Crippen LogP contribution in [0.5, 0.6) is 5.75 Å². The maximum absolute atomic E-state index is 14.9. The van der Waals surface area contributed by atoms with Crippen molar-refractivity contribution in [3.05, 3.63) is 77.5 Å². The number of nitrogens with two attached hydrogens (primary N) is 1. The van der Waals surface area contributed by atoms with Crippen molar-refractivity contribution < 1.29 is 19.0 Å². The molecule has 0 aliphatic rings. The first-order chi connectivity index (χ1) is 14.6. The summed E-state index contributed by atoms with van der Waals surface area (Å²) in [5.74, 6) is -0.907. The van der Waals surface area contributed by atoms with Gasteiger partial charge in [-0.2, -0.15) is 5.10 Å². The fourth-order valence-corrected chi connectivity index (χ4v) is 3.37. The van der Waals surface area contributed by atoms with Crippen LogP contribution in [-0.2, 0) is 24.4 Å². The molecule has 4 N–H and O–H groups in total. The van der Waals surface area contributed by atoms with Crippen LogP contribution < -0.4 is 10.5 Å². The first kappa shape index (κ1) is 19.5. The van der Waals surface area contributed by atoms with Gasteiger partial charge in [-0.15, -0.1) is 0 Å². The SMILES string of the molecule is NCc1nccc(-c2cc(COc3ccccc3CC(=O)O)cc3[nH]ncc23)c1F. The van der Waals surface area contributed by atoms with Crippen molar-refractivity contribution in [2.45, 2.75) is 19.6 Å². The number of hydrogen-bond acceptors (Lipinski definition) is 5. The number of hydrogen-bond donors (Lipinski definition) is 3. The van der Waals surface area contributed by atoms with Crippen molar-refractivity contribution >= 4 is 16.9 Å². The molecule has 0 saturated carbocycles. The van der Waals surface area contributed by atoms with Gasteiger partial charge in [0.25, 0.3) is 0 Å². The van der Waals surface area contributed by atoms with Crippen LogP contribution in [0.1, 0.15) is 16.8 Å². The van der Waals surface area contributed by atoms with Crippen LogP contribution >= 0.6 is 0 Å². The second-order valence-electron chi connectivity index (χ2n) is 6.76. The average Bonchev–Trinajstić information content (AvgIpc) is 3.21. The van der Waals surface area contributed by atoms with Gasteiger partial charge in [0.1, 0.15) is 12.4 Å². The monoisotopic (exact) mass is 406 g/mol. The first-order valence-electron chi connectivity index (χ1n) is 9.29. The van der Waals surface area contributed by atoms with E-state index in [1.807, 2.05) is 12.1 Å². The Morgan fingerprint density at radius 1 is 1.20 bits per heavy atom. The Kier molecular flexibility index (Phi) is 5.40. The molecule has 4 aromatic rings. The standard InChI is InChI=1S/C22H19FN4O3/c23-22-15(5-6-25-19(22)10-24)16-7-13(8-18-17(16)11-26-27-18)12-30-20-4-2-1-3-14(20)9-21(28)29/h1-8,11H,9-10,12,24H2,(H,26,27)(H,28,29). The average molecular weight is 406 g/mol. The van der Waals surface area contributed by atoms with Crippen molar-refractivity contribution in [3.63, 3.8) is 0 Å². The minimum atomic E-state index is -0.934. The fourth-order valence-electron chi connectivity index (χ4n) is 3.37. The van der Waals surface area contributed by atoms with Gasteiger partial charge in [0.05, 0.1) is 23.8 Å². The lowest BCUT2D eigenvalue weighted by molar-refractivity contribution is -0.136. The molecule has 0 fully saturated rings. The van der Waals surface area contributed by atoms with Gasteiger partial charge in [-0.3, -0.25) is 14.9 Å². The van der Waals surface area contributed by atoms with E-state index in [0.717, 1.165) is 16.5 Å². The molecular weight excluding hydrogens is 387 g/mol. The Hall–Kier alpha value is -3.78. The molecule has 7 nitrogen and oxygen atoms in total. The third-order valence-corrected chi connectivity index (χ3v) is 4.77. The van der Waals surface area contributed by atoms with Gasteiger partial charge >= 0.3 is 5.97 Å². The topological polar surface area (TPSA) is 114 Å². The highest BCUT2D eigenvalue weighted by molar-refractivity contribution is 5.95. The summed E-state index contributed by atoms with van der Waals surface area (Å²) in [5.41, 5.74) is 8.90. The van der Waals surface area contributed by atoms with Gasteiger partial charge in [0.2, 0.25) is 0 Å². The van der Waals surface area contributed by atoms with E-state index in [0.29, 0.717) is 22.4 Å². The number of pyridine rings is 1. The molecule has 152 valence electrons. The number of carbonyl (C=O) groups is 1. The molecule has 0 spiro atoms. The van der Waals surface area contributed by atoms with Gasteiger partial charge in [-0.1, -0.05) is 18.2 Å². The highest BCUT2D eigenvalue weighted by Gasteiger charge is 2.15. The Morgan fingerprint density at radius 3 is 2.83 bits per heavy atom. The molecular formula is C22H19FN4O3. The molecule has 0 unspecified atom stereocenters. The van der Waals surface area contributed by atoms with E-state index in [-0.39, 0.29) is 25.3 Å². The summed E-state index contributed by atoms with van der Waals surface area (Å²) >= 11 is 0. The van der Waals surface area contributed by atoms with Crippen LogP contribution in [0.25, 0.3) is 22.0 Å². The van der Waals surface area contributed by atoms with Gasteiger partial charge in [-0.05, 0) is 35.4 Å². The van der Waals surface area contributed by atoms with Crippen LogP contribution in [0.15, 0.2) is 54.9 Å². The number of aromatic nitrogens is 3. The van der Waals surface area contributed by atoms with Gasteiger partial charge in [0.15, 0.2) is 5.82 Å². The number of carboxylic acid groups (broad SMARTS) is 1. The van der Waals surface area contributed by atoms with E-state index in [9.17, 15) is 9.18 Å². The second kappa shape index (κ2) is 8.30. The molecule has 0 saturated heterocycles. The van der Waals surface area contributed by atoms with Crippen molar-refractivity contribution in [1.29, 1.82) is 0 Å². The number of aliphatic carboxylic acids is 1. The quantitative estimate of drug-likeness (QED) is 0.433. The van der Waals surface area contributed by atoms with Crippen LogP contribution in [0.3, 0.4) is 0 Å².